The summed E-state index contributed by atoms with van der Waals surface area (Å²) < 4.78 is 49.4. The van der Waals surface area contributed by atoms with Gasteiger partial charge in [-0.25, -0.2) is 9.38 Å². The Labute approximate surface area is 163 Å². The fourth-order valence-electron chi connectivity index (χ4n) is 2.78. The molecule has 150 valence electrons. The molecule has 0 bridgehead atoms. The van der Waals surface area contributed by atoms with Crippen LogP contribution in [0.5, 0.6) is 0 Å². The van der Waals surface area contributed by atoms with Crippen molar-refractivity contribution in [1.82, 2.24) is 9.78 Å². The van der Waals surface area contributed by atoms with Gasteiger partial charge in [-0.05, 0) is 32.0 Å². The molecule has 1 aliphatic rings. The molecule has 1 aromatic heterocycles. The monoisotopic (exact) mass is 415 g/mol. The molecule has 3 rings (SSSR count). The second kappa shape index (κ2) is 7.01. The highest BCUT2D eigenvalue weighted by Crippen LogP contribution is 2.44. The van der Waals surface area contributed by atoms with Gasteiger partial charge >= 0.3 is 5.92 Å². The van der Waals surface area contributed by atoms with Crippen LogP contribution >= 0.6 is 11.6 Å². The third kappa shape index (κ3) is 3.39. The summed E-state index contributed by atoms with van der Waals surface area (Å²) in [6, 6.07) is 2.79. The van der Waals surface area contributed by atoms with E-state index in [0.717, 1.165) is 19.1 Å². The lowest BCUT2D eigenvalue weighted by atomic mass is 9.85. The number of nitrogens with two attached hydrogens (primary N) is 1. The number of anilines is 1. The van der Waals surface area contributed by atoms with Gasteiger partial charge in [0.2, 0.25) is 0 Å². The van der Waals surface area contributed by atoms with Gasteiger partial charge in [0.25, 0.3) is 11.9 Å². The molecular formula is C17H17ClF3N5O2. The fourth-order valence-corrected chi connectivity index (χ4v) is 3.01. The molecule has 28 heavy (non-hydrogen) atoms. The van der Waals surface area contributed by atoms with E-state index in [-0.39, 0.29) is 16.4 Å². The lowest BCUT2D eigenvalue weighted by Gasteiger charge is -2.37. The van der Waals surface area contributed by atoms with Crippen LogP contribution in [0.1, 0.15) is 29.9 Å². The number of hydrogen-bond acceptors (Lipinski definition) is 5. The number of nitrogens with one attached hydrogen (secondary N) is 1. The number of carbonyl (C=O) groups excluding carboxylic acids is 1. The van der Waals surface area contributed by atoms with E-state index in [2.05, 4.69) is 20.1 Å². The third-order valence-electron chi connectivity index (χ3n) is 4.45. The molecule has 1 aliphatic heterocycles. The van der Waals surface area contributed by atoms with Crippen molar-refractivity contribution in [2.75, 3.05) is 11.9 Å². The highest BCUT2D eigenvalue weighted by Gasteiger charge is 2.56. The summed E-state index contributed by atoms with van der Waals surface area (Å²) in [5.74, 6) is -5.11. The number of benzene rings is 1. The number of alkyl halides is 2. The van der Waals surface area contributed by atoms with E-state index < -0.39 is 41.4 Å². The largest absolute Gasteiger partial charge is 0.459 e. The molecule has 2 heterocycles. The molecule has 0 fully saturated rings. The van der Waals surface area contributed by atoms with Crippen molar-refractivity contribution >= 4 is 29.2 Å². The van der Waals surface area contributed by atoms with Crippen LogP contribution in [-0.4, -0.2) is 34.2 Å². The Morgan fingerprint density at radius 1 is 1.46 bits per heavy atom. The fraction of sp³-hybridized carbons (Fsp3) is 0.353. The number of rotatable bonds is 4. The van der Waals surface area contributed by atoms with Gasteiger partial charge in [-0.1, -0.05) is 11.6 Å². The molecule has 2 aromatic rings. The minimum Gasteiger partial charge on any atom is -0.459 e. The van der Waals surface area contributed by atoms with Gasteiger partial charge < -0.3 is 15.8 Å². The summed E-state index contributed by atoms with van der Waals surface area (Å²) in [5.41, 5.74) is 2.71. The van der Waals surface area contributed by atoms with Crippen molar-refractivity contribution in [3.63, 3.8) is 0 Å². The Morgan fingerprint density at radius 3 is 2.82 bits per heavy atom. The Hall–Kier alpha value is -2.75. The average molecular weight is 416 g/mol. The van der Waals surface area contributed by atoms with Crippen LogP contribution in [0.2, 0.25) is 5.02 Å². The quantitative estimate of drug-likeness (QED) is 0.802. The molecule has 1 aromatic carbocycles. The normalized spacial score (nSPS) is 21.0. The summed E-state index contributed by atoms with van der Waals surface area (Å²) in [6.07, 6.45) is 1.48. The zero-order valence-corrected chi connectivity index (χ0v) is 15.7. The number of aryl methyl sites for hydroxylation is 1. The molecule has 0 aliphatic carbocycles. The van der Waals surface area contributed by atoms with Crippen LogP contribution in [-0.2, 0) is 16.8 Å². The molecule has 1 amide bonds. The van der Waals surface area contributed by atoms with Crippen LogP contribution in [0, 0.1) is 5.82 Å². The number of aromatic nitrogens is 2. The maximum absolute atomic E-state index is 14.5. The molecule has 0 saturated carbocycles. The predicted octanol–water partition coefficient (Wildman–Crippen LogP) is 3.14. The molecule has 3 N–H and O–H groups in total. The molecule has 0 radical (unpaired) electrons. The number of aliphatic imine (C=N–C) groups is 1. The summed E-state index contributed by atoms with van der Waals surface area (Å²) in [4.78, 5) is 16.1. The number of hydrogen-bond donors (Lipinski definition) is 2. The lowest BCUT2D eigenvalue weighted by molar-refractivity contribution is -0.117. The minimum atomic E-state index is -3.53. The molecule has 7 nitrogen and oxygen atoms in total. The second-order valence-electron chi connectivity index (χ2n) is 6.35. The minimum absolute atomic E-state index is 0.0423. The summed E-state index contributed by atoms with van der Waals surface area (Å²) in [5, 5.41) is 6.63. The Morgan fingerprint density at radius 2 is 2.18 bits per heavy atom. The highest BCUT2D eigenvalue weighted by atomic mass is 35.5. The number of carbonyl (C=O) groups is 1. The van der Waals surface area contributed by atoms with Crippen molar-refractivity contribution in [3.8, 4) is 0 Å². The van der Waals surface area contributed by atoms with E-state index in [4.69, 9.17) is 17.3 Å². The Balaban J connectivity index is 1.97. The number of nitrogens with zero attached hydrogens (tertiary/aromatic N) is 3. The first-order valence-electron chi connectivity index (χ1n) is 8.27. The molecule has 11 heteroatoms. The Kier molecular flexibility index (Phi) is 5.00. The maximum atomic E-state index is 14.5. The predicted molar refractivity (Wildman–Crippen MR) is 97.1 cm³/mol. The number of halogens is 4. The van der Waals surface area contributed by atoms with Crippen LogP contribution in [0.25, 0.3) is 0 Å². The first kappa shape index (κ1) is 20.0. The van der Waals surface area contributed by atoms with Crippen LogP contribution in [0.15, 0.2) is 29.4 Å². The van der Waals surface area contributed by atoms with Crippen LogP contribution < -0.4 is 11.1 Å². The molecule has 0 unspecified atom stereocenters. The van der Waals surface area contributed by atoms with Gasteiger partial charge in [0.1, 0.15) is 5.82 Å². The smallest absolute Gasteiger partial charge is 0.310 e. The summed E-state index contributed by atoms with van der Waals surface area (Å²) >= 11 is 5.99. The van der Waals surface area contributed by atoms with Crippen molar-refractivity contribution in [3.05, 3.63) is 46.5 Å². The van der Waals surface area contributed by atoms with Gasteiger partial charge in [0, 0.05) is 24.0 Å². The second-order valence-corrected chi connectivity index (χ2v) is 6.75. The van der Waals surface area contributed by atoms with E-state index in [1.165, 1.54) is 16.9 Å². The first-order valence-corrected chi connectivity index (χ1v) is 8.65. The number of ether oxygens (including phenoxy) is 1. The van der Waals surface area contributed by atoms with E-state index in [1.54, 1.807) is 0 Å². The molecular weight excluding hydrogens is 399 g/mol. The number of amidine groups is 1. The average Bonchev–Trinajstić information content (AvgIpc) is 3.01. The van der Waals surface area contributed by atoms with E-state index in [1.807, 2.05) is 6.92 Å². The van der Waals surface area contributed by atoms with Crippen molar-refractivity contribution in [2.45, 2.75) is 31.9 Å². The maximum Gasteiger partial charge on any atom is 0.310 e. The zero-order valence-electron chi connectivity index (χ0n) is 15.0. The first-order chi connectivity index (χ1) is 13.1. The number of amides is 1. The van der Waals surface area contributed by atoms with Gasteiger partial charge in [0.15, 0.2) is 17.8 Å². The SMILES string of the molecule is CCn1cc(Cl)c(C(=O)Nc2ccc(F)c([C@@]3(C)N=C(N)OCC3(F)F)c2)n1. The van der Waals surface area contributed by atoms with Gasteiger partial charge in [0.05, 0.1) is 5.02 Å². The van der Waals surface area contributed by atoms with Crippen LogP contribution in [0.4, 0.5) is 18.9 Å². The Bertz CT molecular complexity index is 962. The molecule has 0 spiro atoms. The van der Waals surface area contributed by atoms with Crippen molar-refractivity contribution in [1.29, 1.82) is 0 Å². The third-order valence-corrected chi connectivity index (χ3v) is 4.73. The van der Waals surface area contributed by atoms with Crippen LogP contribution in [0.3, 0.4) is 0 Å². The standard InChI is InChI=1S/C17H17ClF3N5O2/c1-3-26-7-11(18)13(25-26)14(27)23-9-4-5-12(19)10(6-9)16(2)17(20,21)8-28-15(22)24-16/h4-7H,3,8H2,1-2H3,(H2,22,24)(H,23,27)/t16-/m1/s1. The molecule has 0 saturated heterocycles. The zero-order chi connectivity index (χ0) is 20.7. The van der Waals surface area contributed by atoms with Gasteiger partial charge in [-0.15, -0.1) is 0 Å². The highest BCUT2D eigenvalue weighted by molar-refractivity contribution is 6.34. The van der Waals surface area contributed by atoms with Crippen molar-refractivity contribution < 1.29 is 22.7 Å². The summed E-state index contributed by atoms with van der Waals surface area (Å²) in [7, 11) is 0. The van der Waals surface area contributed by atoms with Gasteiger partial charge in [-0.3, -0.25) is 9.48 Å². The van der Waals surface area contributed by atoms with E-state index in [0.29, 0.717) is 6.54 Å². The van der Waals surface area contributed by atoms with Gasteiger partial charge in [-0.2, -0.15) is 13.9 Å². The summed E-state index contributed by atoms with van der Waals surface area (Å²) in [6.45, 7) is 2.33. The van der Waals surface area contributed by atoms with E-state index >= 15 is 0 Å². The molecule has 1 atom stereocenters. The topological polar surface area (TPSA) is 94.5 Å². The van der Waals surface area contributed by atoms with E-state index in [9.17, 15) is 18.0 Å². The van der Waals surface area contributed by atoms with Crippen molar-refractivity contribution in [2.24, 2.45) is 10.7 Å². The lowest BCUT2D eigenvalue weighted by Crippen LogP contribution is -2.51.